The van der Waals surface area contributed by atoms with Crippen molar-refractivity contribution >= 4 is 29.3 Å². The van der Waals surface area contributed by atoms with Gasteiger partial charge in [-0.15, -0.1) is 0 Å². The Kier molecular flexibility index (Phi) is 8.23. The molecule has 1 saturated heterocycles. The molecule has 1 aliphatic heterocycles. The molecule has 0 saturated carbocycles. The molecule has 5 rings (SSSR count). The van der Waals surface area contributed by atoms with Gasteiger partial charge in [-0.25, -0.2) is 4.79 Å². The molecule has 4 aromatic rings. The molecule has 11 heteroatoms. The van der Waals surface area contributed by atoms with Crippen LogP contribution in [0.25, 0.3) is 11.3 Å². The van der Waals surface area contributed by atoms with E-state index in [1.165, 1.54) is 5.56 Å². The number of aromatic amines is 1. The minimum Gasteiger partial charge on any atom is -0.359 e. The van der Waals surface area contributed by atoms with Gasteiger partial charge in [0.25, 0.3) is 5.91 Å². The lowest BCUT2D eigenvalue weighted by molar-refractivity contribution is 0.102. The maximum atomic E-state index is 12.8. The second kappa shape index (κ2) is 12.1. The lowest BCUT2D eigenvalue weighted by Crippen LogP contribution is -2.43. The number of amides is 3. The van der Waals surface area contributed by atoms with Gasteiger partial charge in [0, 0.05) is 68.1 Å². The zero-order chi connectivity index (χ0) is 28.1. The zero-order valence-electron chi connectivity index (χ0n) is 23.0. The number of nitrogens with one attached hydrogen (secondary N) is 4. The van der Waals surface area contributed by atoms with Crippen LogP contribution in [0.3, 0.4) is 0 Å². The summed E-state index contributed by atoms with van der Waals surface area (Å²) in [4.78, 5) is 29.9. The van der Waals surface area contributed by atoms with Gasteiger partial charge in [-0.3, -0.25) is 20.1 Å². The van der Waals surface area contributed by atoms with Gasteiger partial charge in [0.2, 0.25) is 0 Å². The fourth-order valence-electron chi connectivity index (χ4n) is 4.53. The summed E-state index contributed by atoms with van der Waals surface area (Å²) in [7, 11) is 2.15. The molecule has 3 heterocycles. The molecule has 0 aliphatic carbocycles. The fraction of sp³-hybridized carbons (Fsp3) is 0.310. The summed E-state index contributed by atoms with van der Waals surface area (Å²) in [6, 6.07) is 16.4. The smallest absolute Gasteiger partial charge is 0.324 e. The van der Waals surface area contributed by atoms with Crippen molar-refractivity contribution in [3.05, 3.63) is 77.0 Å². The first-order chi connectivity index (χ1) is 19.4. The number of carbonyl (C=O) groups is 2. The average Bonchev–Trinajstić information content (AvgIpc) is 3.61. The summed E-state index contributed by atoms with van der Waals surface area (Å²) in [6.45, 7) is 8.99. The van der Waals surface area contributed by atoms with E-state index in [2.05, 4.69) is 48.2 Å². The molecule has 1 fully saturated rings. The molecule has 11 nitrogen and oxygen atoms in total. The van der Waals surface area contributed by atoms with E-state index in [-0.39, 0.29) is 5.91 Å². The van der Waals surface area contributed by atoms with E-state index < -0.39 is 6.03 Å². The number of urea groups is 1. The molecule has 40 heavy (non-hydrogen) atoms. The van der Waals surface area contributed by atoms with Crippen molar-refractivity contribution in [1.29, 1.82) is 0 Å². The Morgan fingerprint density at radius 2 is 1.73 bits per heavy atom. The van der Waals surface area contributed by atoms with E-state index in [0.29, 0.717) is 35.1 Å². The maximum Gasteiger partial charge on any atom is 0.324 e. The van der Waals surface area contributed by atoms with Crippen LogP contribution in [-0.2, 0) is 13.0 Å². The van der Waals surface area contributed by atoms with Crippen molar-refractivity contribution in [3.63, 3.8) is 0 Å². The second-order valence-corrected chi connectivity index (χ2v) is 10.0. The van der Waals surface area contributed by atoms with Crippen molar-refractivity contribution in [3.8, 4) is 11.3 Å². The number of nitrogens with zero attached hydrogens (tertiary/aromatic N) is 4. The van der Waals surface area contributed by atoms with Gasteiger partial charge in [-0.2, -0.15) is 5.10 Å². The third-order valence-corrected chi connectivity index (χ3v) is 6.97. The largest absolute Gasteiger partial charge is 0.359 e. The first kappa shape index (κ1) is 27.1. The molecule has 2 aromatic carbocycles. The molecule has 0 spiro atoms. The highest BCUT2D eigenvalue weighted by atomic mass is 16.5. The Labute approximate surface area is 232 Å². The number of likely N-dealkylation sites (N-methyl/N-ethyl adjacent to an activating group) is 1. The van der Waals surface area contributed by atoms with Gasteiger partial charge >= 0.3 is 6.03 Å². The topological polar surface area (TPSA) is 131 Å². The van der Waals surface area contributed by atoms with E-state index in [9.17, 15) is 9.59 Å². The number of benzene rings is 2. The number of aromatic nitrogens is 3. The average molecular weight is 543 g/mol. The SMILES string of the molecule is CCc1cc(NC(=O)Nc2ccc(-c3cc(NC(=O)c4ccc(CN5CCN(C)CC5)cc4)n[nH]3)cc2C)no1. The number of carbonyl (C=O) groups excluding carboxylic acids is 2. The summed E-state index contributed by atoms with van der Waals surface area (Å²) in [5, 5.41) is 19.4. The van der Waals surface area contributed by atoms with Crippen LogP contribution in [0.1, 0.15) is 34.2 Å². The first-order valence-corrected chi connectivity index (χ1v) is 13.4. The number of H-pyrrole nitrogens is 1. The number of hydrogen-bond donors (Lipinski definition) is 4. The number of piperazine rings is 1. The van der Waals surface area contributed by atoms with Crippen molar-refractivity contribution in [1.82, 2.24) is 25.2 Å². The van der Waals surface area contributed by atoms with E-state index in [0.717, 1.165) is 49.5 Å². The van der Waals surface area contributed by atoms with Gasteiger partial charge < -0.3 is 20.1 Å². The van der Waals surface area contributed by atoms with Crippen molar-refractivity contribution in [2.24, 2.45) is 0 Å². The summed E-state index contributed by atoms with van der Waals surface area (Å²) in [5.41, 5.74) is 4.90. The Hall–Kier alpha value is -4.48. The highest BCUT2D eigenvalue weighted by Crippen LogP contribution is 2.25. The van der Waals surface area contributed by atoms with Gasteiger partial charge in [-0.1, -0.05) is 30.3 Å². The quantitative estimate of drug-likeness (QED) is 0.256. The van der Waals surface area contributed by atoms with Gasteiger partial charge in [0.1, 0.15) is 5.76 Å². The number of aryl methyl sites for hydroxylation is 2. The Bertz CT molecular complexity index is 1470. The highest BCUT2D eigenvalue weighted by Gasteiger charge is 2.15. The molecule has 2 aromatic heterocycles. The predicted octanol–water partition coefficient (Wildman–Crippen LogP) is 4.58. The molecular formula is C29H34N8O3. The van der Waals surface area contributed by atoms with Gasteiger partial charge in [0.15, 0.2) is 11.6 Å². The Balaban J connectivity index is 1.16. The highest BCUT2D eigenvalue weighted by molar-refractivity contribution is 6.04. The van der Waals surface area contributed by atoms with E-state index in [1.54, 1.807) is 12.1 Å². The predicted molar refractivity (Wildman–Crippen MR) is 154 cm³/mol. The summed E-state index contributed by atoms with van der Waals surface area (Å²) in [6.07, 6.45) is 0.695. The molecule has 1 aliphatic rings. The lowest BCUT2D eigenvalue weighted by Gasteiger charge is -2.32. The number of rotatable bonds is 8. The monoisotopic (exact) mass is 542 g/mol. The number of hydrogen-bond acceptors (Lipinski definition) is 7. The fourth-order valence-corrected chi connectivity index (χ4v) is 4.53. The second-order valence-electron chi connectivity index (χ2n) is 10.0. The molecule has 0 bridgehead atoms. The summed E-state index contributed by atoms with van der Waals surface area (Å²) >= 11 is 0. The van der Waals surface area contributed by atoms with Crippen LogP contribution in [0.2, 0.25) is 0 Å². The molecule has 0 radical (unpaired) electrons. The van der Waals surface area contributed by atoms with Crippen molar-refractivity contribution in [2.45, 2.75) is 26.8 Å². The van der Waals surface area contributed by atoms with Crippen molar-refractivity contribution in [2.75, 3.05) is 49.2 Å². The lowest BCUT2D eigenvalue weighted by atomic mass is 10.1. The Morgan fingerprint density at radius 3 is 2.42 bits per heavy atom. The van der Waals surface area contributed by atoms with Crippen LogP contribution in [0.15, 0.2) is 59.1 Å². The van der Waals surface area contributed by atoms with Crippen LogP contribution in [0.5, 0.6) is 0 Å². The Morgan fingerprint density at radius 1 is 0.950 bits per heavy atom. The van der Waals surface area contributed by atoms with E-state index in [1.807, 2.05) is 56.3 Å². The summed E-state index contributed by atoms with van der Waals surface area (Å²) in [5.74, 6) is 1.27. The molecule has 4 N–H and O–H groups in total. The molecule has 0 atom stereocenters. The minimum absolute atomic E-state index is 0.218. The van der Waals surface area contributed by atoms with Gasteiger partial charge in [-0.05, 0) is 49.4 Å². The molecule has 208 valence electrons. The van der Waals surface area contributed by atoms with Crippen LogP contribution in [0, 0.1) is 6.92 Å². The van der Waals surface area contributed by atoms with Crippen LogP contribution in [0.4, 0.5) is 22.1 Å². The number of anilines is 3. The van der Waals surface area contributed by atoms with Crippen LogP contribution in [-0.4, -0.2) is 70.3 Å². The van der Waals surface area contributed by atoms with Crippen molar-refractivity contribution < 1.29 is 14.1 Å². The third-order valence-electron chi connectivity index (χ3n) is 6.97. The summed E-state index contributed by atoms with van der Waals surface area (Å²) < 4.78 is 5.11. The first-order valence-electron chi connectivity index (χ1n) is 13.4. The van der Waals surface area contributed by atoms with E-state index in [4.69, 9.17) is 4.52 Å². The van der Waals surface area contributed by atoms with Gasteiger partial charge in [0.05, 0.1) is 5.69 Å². The minimum atomic E-state index is -0.411. The van der Waals surface area contributed by atoms with Crippen LogP contribution >= 0.6 is 0 Å². The molecule has 3 amide bonds. The third kappa shape index (κ3) is 6.74. The molecule has 0 unspecified atom stereocenters. The van der Waals surface area contributed by atoms with E-state index >= 15 is 0 Å². The maximum absolute atomic E-state index is 12.8. The van der Waals surface area contributed by atoms with Crippen LogP contribution < -0.4 is 16.0 Å². The normalized spacial score (nSPS) is 14.2. The zero-order valence-corrected chi connectivity index (χ0v) is 23.0. The molecular weight excluding hydrogens is 508 g/mol. The standard InChI is InChI=1S/C29H34N8O3/c1-4-23-16-27(35-40-23)32-29(39)30-24-10-9-22(15-19(24)2)25-17-26(34-33-25)31-28(38)21-7-5-20(6-8-21)18-37-13-11-36(3)12-14-37/h5-10,15-17H,4,11-14,18H2,1-3H3,(H2,30,32,35,39)(H2,31,33,34,38).